The Balaban J connectivity index is 1.37. The summed E-state index contributed by atoms with van der Waals surface area (Å²) in [5.74, 6) is 0. The van der Waals surface area contributed by atoms with Crippen molar-refractivity contribution in [2.75, 3.05) is 36.0 Å². The Kier molecular flexibility index (Phi) is 5.52. The maximum Gasteiger partial charge on any atom is 0.329 e. The molecule has 0 spiro atoms. The lowest BCUT2D eigenvalue weighted by molar-refractivity contribution is -0.142. The van der Waals surface area contributed by atoms with Crippen LogP contribution in [0.4, 0.5) is 16.2 Å². The van der Waals surface area contributed by atoms with Crippen LogP contribution in [0.2, 0.25) is 0 Å². The van der Waals surface area contributed by atoms with E-state index in [-0.39, 0.29) is 17.6 Å². The largest absolute Gasteiger partial charge is 0.462 e. The molecule has 2 fully saturated rings. The first-order chi connectivity index (χ1) is 14.3. The molecular weight excluding hydrogens is 378 g/mol. The zero-order valence-electron chi connectivity index (χ0n) is 17.9. The molecule has 0 aliphatic carbocycles. The molecule has 4 rings (SSSR count). The molecule has 30 heavy (non-hydrogen) atoms. The van der Waals surface area contributed by atoms with Crippen LogP contribution in [0.1, 0.15) is 31.9 Å². The monoisotopic (exact) mass is 407 g/mol. The van der Waals surface area contributed by atoms with Gasteiger partial charge in [0, 0.05) is 44.1 Å². The summed E-state index contributed by atoms with van der Waals surface area (Å²) in [6, 6.07) is 16.5. The van der Waals surface area contributed by atoms with Gasteiger partial charge in [0.15, 0.2) is 0 Å². The molecule has 0 N–H and O–H groups in total. The fraction of sp³-hybridized carbons (Fsp3) is 0.417. The van der Waals surface area contributed by atoms with Crippen LogP contribution in [0.25, 0.3) is 0 Å². The second-order valence-corrected chi connectivity index (χ2v) is 9.10. The van der Waals surface area contributed by atoms with E-state index in [4.69, 9.17) is 4.74 Å². The van der Waals surface area contributed by atoms with Crippen LogP contribution in [0, 0.1) is 0 Å². The highest BCUT2D eigenvalue weighted by Gasteiger charge is 2.31. The molecule has 0 aromatic heterocycles. The highest BCUT2D eigenvalue weighted by molar-refractivity contribution is 6.06. The highest BCUT2D eigenvalue weighted by atomic mass is 16.5. The van der Waals surface area contributed by atoms with E-state index in [0.29, 0.717) is 19.6 Å². The van der Waals surface area contributed by atoms with Crippen LogP contribution in [0.3, 0.4) is 0 Å². The van der Waals surface area contributed by atoms with Gasteiger partial charge in [-0.3, -0.25) is 19.5 Å². The van der Waals surface area contributed by atoms with E-state index in [1.165, 1.54) is 11.1 Å². The van der Waals surface area contributed by atoms with Crippen molar-refractivity contribution in [3.63, 3.8) is 0 Å². The van der Waals surface area contributed by atoms with Gasteiger partial charge in [-0.25, -0.2) is 4.79 Å². The molecule has 2 saturated heterocycles. The van der Waals surface area contributed by atoms with Crippen molar-refractivity contribution in [3.05, 3.63) is 59.7 Å². The van der Waals surface area contributed by atoms with E-state index in [0.717, 1.165) is 31.0 Å². The minimum atomic E-state index is 0.0165. The second-order valence-electron chi connectivity index (χ2n) is 9.10. The number of amides is 2. The van der Waals surface area contributed by atoms with Gasteiger partial charge in [0.1, 0.15) is 6.10 Å². The Labute approximate surface area is 178 Å². The number of rotatable bonds is 6. The molecule has 158 valence electrons. The van der Waals surface area contributed by atoms with Gasteiger partial charge in [0.05, 0.1) is 0 Å². The van der Waals surface area contributed by atoms with Gasteiger partial charge in [-0.05, 0) is 40.8 Å². The van der Waals surface area contributed by atoms with Gasteiger partial charge in [-0.2, -0.15) is 0 Å². The third-order valence-corrected chi connectivity index (χ3v) is 5.88. The Bertz CT molecular complexity index is 897. The number of carbonyl (C=O) groups is 2. The molecule has 0 unspecified atom stereocenters. The van der Waals surface area contributed by atoms with E-state index in [2.05, 4.69) is 49.9 Å². The Morgan fingerprint density at radius 3 is 1.97 bits per heavy atom. The van der Waals surface area contributed by atoms with Crippen molar-refractivity contribution in [1.82, 2.24) is 4.90 Å². The number of hydrogen-bond acceptors (Lipinski definition) is 4. The smallest absolute Gasteiger partial charge is 0.329 e. The number of nitrogens with zero attached hydrogens (tertiary/aromatic N) is 3. The van der Waals surface area contributed by atoms with Crippen molar-refractivity contribution in [2.45, 2.75) is 38.8 Å². The lowest BCUT2D eigenvalue weighted by atomic mass is 9.87. The van der Waals surface area contributed by atoms with Crippen molar-refractivity contribution >= 4 is 23.9 Å². The average Bonchev–Trinajstić information content (AvgIpc) is 3.08. The van der Waals surface area contributed by atoms with E-state index in [1.54, 1.807) is 0 Å². The predicted molar refractivity (Wildman–Crippen MR) is 118 cm³/mol. The topological polar surface area (TPSA) is 53.1 Å². The number of urea groups is 1. The molecule has 2 aromatic rings. The SMILES string of the molecule is CC(C)(C)c1ccc(N2CCN(c3ccc(CN4CC(OC=O)C4)cc3)C2=O)cc1. The molecule has 0 bridgehead atoms. The predicted octanol–water partition coefficient (Wildman–Crippen LogP) is 3.79. The van der Waals surface area contributed by atoms with Gasteiger partial charge in [-0.1, -0.05) is 45.0 Å². The molecule has 0 saturated carbocycles. The van der Waals surface area contributed by atoms with Crippen LogP contribution in [0.15, 0.2) is 48.5 Å². The molecule has 0 atom stereocenters. The molecule has 2 aliphatic heterocycles. The summed E-state index contributed by atoms with van der Waals surface area (Å²) in [5, 5.41) is 0. The third kappa shape index (κ3) is 4.19. The fourth-order valence-electron chi connectivity index (χ4n) is 4.01. The van der Waals surface area contributed by atoms with E-state index in [1.807, 2.05) is 34.1 Å². The fourth-order valence-corrected chi connectivity index (χ4v) is 4.01. The molecule has 2 aliphatic rings. The van der Waals surface area contributed by atoms with Crippen molar-refractivity contribution in [2.24, 2.45) is 0 Å². The highest BCUT2D eigenvalue weighted by Crippen LogP contribution is 2.29. The van der Waals surface area contributed by atoms with Crippen molar-refractivity contribution in [1.29, 1.82) is 0 Å². The first-order valence-corrected chi connectivity index (χ1v) is 10.4. The number of likely N-dealkylation sites (tertiary alicyclic amines) is 1. The molecular formula is C24H29N3O3. The van der Waals surface area contributed by atoms with Gasteiger partial charge in [0.25, 0.3) is 6.47 Å². The second kappa shape index (κ2) is 8.11. The number of ether oxygens (including phenoxy) is 1. The first-order valence-electron chi connectivity index (χ1n) is 10.4. The molecule has 2 heterocycles. The summed E-state index contributed by atoms with van der Waals surface area (Å²) in [5.41, 5.74) is 4.40. The lowest BCUT2D eigenvalue weighted by Gasteiger charge is -2.37. The van der Waals surface area contributed by atoms with E-state index in [9.17, 15) is 9.59 Å². The average molecular weight is 408 g/mol. The molecule has 6 nitrogen and oxygen atoms in total. The zero-order valence-corrected chi connectivity index (χ0v) is 17.9. The first kappa shape index (κ1) is 20.4. The lowest BCUT2D eigenvalue weighted by Crippen LogP contribution is -2.51. The minimum absolute atomic E-state index is 0.0165. The van der Waals surface area contributed by atoms with Crippen molar-refractivity contribution < 1.29 is 14.3 Å². The zero-order chi connectivity index (χ0) is 21.3. The van der Waals surface area contributed by atoms with Crippen LogP contribution in [-0.4, -0.2) is 49.7 Å². The summed E-state index contributed by atoms with van der Waals surface area (Å²) in [6.07, 6.45) is 0.0208. The summed E-state index contributed by atoms with van der Waals surface area (Å²) >= 11 is 0. The number of anilines is 2. The molecule has 0 radical (unpaired) electrons. The summed E-state index contributed by atoms with van der Waals surface area (Å²) < 4.78 is 4.94. The number of benzene rings is 2. The van der Waals surface area contributed by atoms with Gasteiger partial charge < -0.3 is 4.74 Å². The third-order valence-electron chi connectivity index (χ3n) is 5.88. The maximum atomic E-state index is 13.0. The minimum Gasteiger partial charge on any atom is -0.462 e. The Hall–Kier alpha value is -2.86. The normalized spacial score (nSPS) is 17.9. The standard InChI is InChI=1S/C24H29N3O3/c1-24(2,3)19-6-10-21(11-7-19)27-13-12-26(23(27)29)20-8-4-18(5-9-20)14-25-15-22(16-25)30-17-28/h4-11,17,22H,12-16H2,1-3H3. The van der Waals surface area contributed by atoms with E-state index < -0.39 is 0 Å². The van der Waals surface area contributed by atoms with Crippen LogP contribution in [-0.2, 0) is 21.5 Å². The number of carbonyl (C=O) groups excluding carboxylic acids is 2. The number of hydrogen-bond donors (Lipinski definition) is 0. The summed E-state index contributed by atoms with van der Waals surface area (Å²) in [4.78, 5) is 29.3. The molecule has 6 heteroatoms. The Morgan fingerprint density at radius 2 is 1.47 bits per heavy atom. The summed E-state index contributed by atoms with van der Waals surface area (Å²) in [7, 11) is 0. The van der Waals surface area contributed by atoms with Gasteiger partial charge in [0.2, 0.25) is 0 Å². The van der Waals surface area contributed by atoms with Gasteiger partial charge in [-0.15, -0.1) is 0 Å². The quantitative estimate of drug-likeness (QED) is 0.684. The molecule has 2 amide bonds. The maximum absolute atomic E-state index is 13.0. The van der Waals surface area contributed by atoms with Crippen LogP contribution in [0.5, 0.6) is 0 Å². The summed E-state index contributed by atoms with van der Waals surface area (Å²) in [6.45, 7) is 10.8. The van der Waals surface area contributed by atoms with Crippen LogP contribution >= 0.6 is 0 Å². The Morgan fingerprint density at radius 1 is 0.933 bits per heavy atom. The van der Waals surface area contributed by atoms with Crippen molar-refractivity contribution in [3.8, 4) is 0 Å². The van der Waals surface area contributed by atoms with Crippen LogP contribution < -0.4 is 9.80 Å². The van der Waals surface area contributed by atoms with E-state index >= 15 is 0 Å². The molecule has 2 aromatic carbocycles. The van der Waals surface area contributed by atoms with Gasteiger partial charge >= 0.3 is 6.03 Å².